The third-order valence-electron chi connectivity index (χ3n) is 9.60. The van der Waals surface area contributed by atoms with Crippen LogP contribution in [0.25, 0.3) is 11.1 Å². The van der Waals surface area contributed by atoms with E-state index in [0.717, 1.165) is 36.0 Å². The van der Waals surface area contributed by atoms with Crippen LogP contribution in [0.5, 0.6) is 11.5 Å². The van der Waals surface area contributed by atoms with Crippen molar-refractivity contribution in [3.8, 4) is 22.6 Å². The second-order valence-electron chi connectivity index (χ2n) is 13.5. The van der Waals surface area contributed by atoms with Crippen LogP contribution in [0.4, 0.5) is 5.69 Å². The zero-order valence-electron chi connectivity index (χ0n) is 30.8. The highest BCUT2D eigenvalue weighted by Crippen LogP contribution is 2.39. The van der Waals surface area contributed by atoms with E-state index in [1.807, 2.05) is 25.5 Å². The molecular weight excluding hydrogens is 690 g/mol. The summed E-state index contributed by atoms with van der Waals surface area (Å²) in [4.78, 5) is 37.2. The van der Waals surface area contributed by atoms with Crippen LogP contribution < -0.4 is 15.4 Å². The van der Waals surface area contributed by atoms with Gasteiger partial charge in [-0.3, -0.25) is 14.3 Å². The van der Waals surface area contributed by atoms with Crippen LogP contribution in [-0.2, 0) is 39.0 Å². The van der Waals surface area contributed by atoms with Crippen LogP contribution in [0.3, 0.4) is 0 Å². The summed E-state index contributed by atoms with van der Waals surface area (Å²) in [6, 6.07) is 20.4. The molecule has 2 heterocycles. The van der Waals surface area contributed by atoms with Gasteiger partial charge in [0.25, 0.3) is 5.91 Å². The van der Waals surface area contributed by atoms with Crippen molar-refractivity contribution in [3.05, 3.63) is 95.8 Å². The Hall–Kier alpha value is -5.24. The number of aliphatic hydroxyl groups is 1. The Kier molecular flexibility index (Phi) is 15.0. The highest BCUT2D eigenvalue weighted by molar-refractivity contribution is 5.97. The molecule has 1 saturated carbocycles. The number of fused-ring (bicyclic) bond motifs is 1. The number of nitrogens with one attached hydrogen (secondary N) is 2. The topological polar surface area (TPSA) is 175 Å². The number of anilines is 1. The molecule has 0 unspecified atom stereocenters. The molecule has 1 aliphatic heterocycles. The number of aromatic hydroxyl groups is 1. The van der Waals surface area contributed by atoms with Gasteiger partial charge in [-0.1, -0.05) is 79.9 Å². The van der Waals surface area contributed by atoms with Crippen molar-refractivity contribution in [1.82, 2.24) is 20.0 Å². The number of phenols is 1. The summed E-state index contributed by atoms with van der Waals surface area (Å²) in [6.07, 6.45) is 10.0. The number of hydrogen-bond acceptors (Lipinski definition) is 9. The molecule has 0 bridgehead atoms. The number of rotatable bonds is 16. The lowest BCUT2D eigenvalue weighted by molar-refractivity contribution is -0.147. The number of benzene rings is 3. The Morgan fingerprint density at radius 2 is 1.76 bits per heavy atom. The fourth-order valence-electron chi connectivity index (χ4n) is 6.67. The average molecular weight is 742 g/mol. The van der Waals surface area contributed by atoms with Gasteiger partial charge in [-0.25, -0.2) is 4.79 Å². The first kappa shape index (κ1) is 40.0. The molecule has 0 saturated heterocycles. The third kappa shape index (κ3) is 11.6. The number of carbonyl (C=O) groups excluding carboxylic acids is 2. The summed E-state index contributed by atoms with van der Waals surface area (Å²) in [5.74, 6) is -0.812. The quantitative estimate of drug-likeness (QED) is 0.0787. The van der Waals surface area contributed by atoms with Gasteiger partial charge in [0.2, 0.25) is 5.91 Å². The summed E-state index contributed by atoms with van der Waals surface area (Å²) in [5.41, 5.74) is 5.11. The Bertz CT molecular complexity index is 1810. The smallest absolute Gasteiger partial charge is 0.337 e. The average Bonchev–Trinajstić information content (AvgIpc) is 3.63. The van der Waals surface area contributed by atoms with Gasteiger partial charge in [-0.05, 0) is 60.5 Å². The Labute approximate surface area is 315 Å². The molecule has 288 valence electrons. The van der Waals surface area contributed by atoms with E-state index in [4.69, 9.17) is 19.7 Å². The molecule has 0 spiro atoms. The lowest BCUT2D eigenvalue weighted by Gasteiger charge is -2.34. The number of nitrogens with zero attached hydrogens (tertiary/aromatic N) is 3. The Morgan fingerprint density at radius 3 is 2.46 bits per heavy atom. The number of carboxylic acid groups (broad SMARTS) is 1. The summed E-state index contributed by atoms with van der Waals surface area (Å²) < 4.78 is 13.3. The first-order valence-electron chi connectivity index (χ1n) is 18.6. The Balaban J connectivity index is 0.000000438. The predicted octanol–water partition coefficient (Wildman–Crippen LogP) is 4.87. The van der Waals surface area contributed by atoms with Crippen LogP contribution in [-0.4, -0.2) is 93.3 Å². The molecule has 4 aromatic rings. The number of amides is 2. The lowest BCUT2D eigenvalue weighted by Crippen LogP contribution is -2.45. The van der Waals surface area contributed by atoms with E-state index >= 15 is 0 Å². The van der Waals surface area contributed by atoms with Gasteiger partial charge in [0.05, 0.1) is 25.8 Å². The van der Waals surface area contributed by atoms with Gasteiger partial charge in [0.15, 0.2) is 18.5 Å². The third-order valence-corrected chi connectivity index (χ3v) is 9.60. The monoisotopic (exact) mass is 741 g/mol. The number of aliphatic carboxylic acids is 1. The van der Waals surface area contributed by atoms with Crippen LogP contribution in [0.2, 0.25) is 0 Å². The first-order valence-corrected chi connectivity index (χ1v) is 18.6. The molecule has 13 nitrogen and oxygen atoms in total. The number of hydrogen-bond donors (Lipinski definition) is 5. The molecule has 1 fully saturated rings. The fraction of sp³-hybridized carbons (Fsp3) is 0.415. The van der Waals surface area contributed by atoms with E-state index in [1.165, 1.54) is 24.8 Å². The first-order chi connectivity index (χ1) is 26.2. The van der Waals surface area contributed by atoms with Gasteiger partial charge >= 0.3 is 5.97 Å². The number of aromatic nitrogens is 2. The molecule has 6 rings (SSSR count). The van der Waals surface area contributed by atoms with E-state index in [1.54, 1.807) is 41.1 Å². The van der Waals surface area contributed by atoms with Crippen LogP contribution in [0.15, 0.2) is 79.1 Å². The minimum atomic E-state index is -1.41. The molecule has 54 heavy (non-hydrogen) atoms. The Morgan fingerprint density at radius 1 is 1.00 bits per heavy atom. The zero-order chi connectivity index (χ0) is 38.3. The molecule has 0 radical (unpaired) electrons. The maximum absolute atomic E-state index is 13.3. The molecule has 5 N–H and O–H groups in total. The number of aryl methyl sites for hydroxylation is 1. The van der Waals surface area contributed by atoms with E-state index in [2.05, 4.69) is 44.9 Å². The van der Waals surface area contributed by atoms with Crippen LogP contribution in [0, 0.1) is 0 Å². The summed E-state index contributed by atoms with van der Waals surface area (Å²) in [6.45, 7) is 2.99. The van der Waals surface area contributed by atoms with Crippen molar-refractivity contribution in [1.29, 1.82) is 0 Å². The van der Waals surface area contributed by atoms with Gasteiger partial charge < -0.3 is 40.3 Å². The number of aliphatic hydroxyl groups excluding tert-OH is 1. The maximum atomic E-state index is 13.3. The molecular formula is C41H51N5O8. The normalized spacial score (nSPS) is 14.5. The van der Waals surface area contributed by atoms with Crippen molar-refractivity contribution in [2.45, 2.75) is 63.5 Å². The van der Waals surface area contributed by atoms with E-state index in [9.17, 15) is 19.5 Å². The number of ether oxygens (including phenoxy) is 2. The highest BCUT2D eigenvalue weighted by Gasteiger charge is 2.25. The van der Waals surface area contributed by atoms with Crippen molar-refractivity contribution in [2.75, 3.05) is 44.8 Å². The predicted molar refractivity (Wildman–Crippen MR) is 204 cm³/mol. The number of phenolic OH excluding ortho intramolecular Hbond substituents is 1. The minimum absolute atomic E-state index is 0.000764. The standard InChI is InChI=1S/C33H43N5O5.C8H8O3/c1-37-22-27(21-35-37)25-9-7-24(8-10-25)14-19-42-20-15-31(41)38(28-5-3-2-4-6-28)18-17-34-16-13-26-11-12-29(39)32-33(26)43-23-30(40)36-32;9-7(8(10)11)6-4-2-1-3-5-6/h7-12,21-22,28,34,39H,2-6,13-20,23H2,1H3,(H,36,40);1-5,7,9H,(H,10,11)/t;7-/m.1/s1. The van der Waals surface area contributed by atoms with Crippen LogP contribution in [0.1, 0.15) is 61.3 Å². The summed E-state index contributed by atoms with van der Waals surface area (Å²) in [5, 5.41) is 37.8. The van der Waals surface area contributed by atoms with E-state index < -0.39 is 12.1 Å². The maximum Gasteiger partial charge on any atom is 0.337 e. The van der Waals surface area contributed by atoms with Crippen molar-refractivity contribution in [2.24, 2.45) is 7.05 Å². The fourth-order valence-corrected chi connectivity index (χ4v) is 6.67. The van der Waals surface area contributed by atoms with Gasteiger partial charge in [-0.2, -0.15) is 5.10 Å². The molecule has 1 aromatic heterocycles. The second kappa shape index (κ2) is 20.3. The van der Waals surface area contributed by atoms with Gasteiger partial charge in [0, 0.05) is 37.9 Å². The minimum Gasteiger partial charge on any atom is -0.506 e. The summed E-state index contributed by atoms with van der Waals surface area (Å²) >= 11 is 0. The SMILES string of the molecule is Cn1cc(-c2ccc(CCOCCC(=O)N(CCNCCc3ccc(O)c4c3OCC(=O)N4)C3CCCCC3)cc2)cn1.O=C(O)[C@H](O)c1ccccc1. The molecule has 1 aliphatic carbocycles. The van der Waals surface area contributed by atoms with Crippen molar-refractivity contribution >= 4 is 23.5 Å². The van der Waals surface area contributed by atoms with Gasteiger partial charge in [-0.15, -0.1) is 0 Å². The van der Waals surface area contributed by atoms with Gasteiger partial charge in [0.1, 0.15) is 11.4 Å². The lowest BCUT2D eigenvalue weighted by atomic mass is 9.94. The van der Waals surface area contributed by atoms with E-state index in [-0.39, 0.29) is 24.2 Å². The molecule has 1 atom stereocenters. The molecule has 2 aliphatic rings. The largest absolute Gasteiger partial charge is 0.506 e. The van der Waals surface area contributed by atoms with Crippen molar-refractivity contribution < 1.29 is 39.2 Å². The molecule has 2 amide bonds. The zero-order valence-corrected chi connectivity index (χ0v) is 30.8. The highest BCUT2D eigenvalue weighted by atomic mass is 16.5. The summed E-state index contributed by atoms with van der Waals surface area (Å²) in [7, 11) is 1.91. The second-order valence-corrected chi connectivity index (χ2v) is 13.5. The van der Waals surface area contributed by atoms with Crippen LogP contribution >= 0.6 is 0 Å². The molecule has 3 aromatic carbocycles. The number of carboxylic acids is 1. The van der Waals surface area contributed by atoms with E-state index in [0.29, 0.717) is 68.7 Å². The van der Waals surface area contributed by atoms with Crippen molar-refractivity contribution in [3.63, 3.8) is 0 Å². The molecule has 13 heteroatoms. The number of carbonyl (C=O) groups is 3.